The summed E-state index contributed by atoms with van der Waals surface area (Å²) in [6, 6.07) is 15.3. The van der Waals surface area contributed by atoms with Crippen LogP contribution in [-0.4, -0.2) is 18.8 Å². The summed E-state index contributed by atoms with van der Waals surface area (Å²) in [6.07, 6.45) is 2.44. The van der Waals surface area contributed by atoms with Gasteiger partial charge in [-0.3, -0.25) is 4.57 Å². The zero-order valence-corrected chi connectivity index (χ0v) is 13.7. The molecule has 0 saturated heterocycles. The molecular weight excluding hydrogens is 306 g/mol. The van der Waals surface area contributed by atoms with Crippen molar-refractivity contribution in [1.29, 1.82) is 0 Å². The molecule has 5 nitrogen and oxygen atoms in total. The fourth-order valence-electron chi connectivity index (χ4n) is 2.55. The van der Waals surface area contributed by atoms with E-state index in [4.69, 9.17) is 13.9 Å². The molecule has 24 heavy (non-hydrogen) atoms. The summed E-state index contributed by atoms with van der Waals surface area (Å²) >= 11 is 0. The minimum absolute atomic E-state index is 0.352. The Morgan fingerprint density at radius 2 is 1.75 bits per heavy atom. The number of aryl methyl sites for hydroxylation is 2. The average Bonchev–Trinajstić information content (AvgIpc) is 3.01. The second kappa shape index (κ2) is 7.08. The second-order valence-electron chi connectivity index (χ2n) is 5.36. The molecule has 0 saturated carbocycles. The van der Waals surface area contributed by atoms with E-state index in [-0.39, 0.29) is 5.76 Å². The van der Waals surface area contributed by atoms with Crippen molar-refractivity contribution in [3.05, 3.63) is 70.8 Å². The number of methoxy groups -OCH3 is 2. The summed E-state index contributed by atoms with van der Waals surface area (Å²) in [5, 5.41) is 0. The molecule has 2 aromatic carbocycles. The molecule has 3 aromatic rings. The summed E-state index contributed by atoms with van der Waals surface area (Å²) in [7, 11) is 3.21. The molecule has 0 aliphatic heterocycles. The maximum atomic E-state index is 12.0. The van der Waals surface area contributed by atoms with E-state index in [1.807, 2.05) is 48.5 Å². The minimum atomic E-state index is -0.352. The molecule has 1 heterocycles. The molecule has 0 fully saturated rings. The van der Waals surface area contributed by atoms with Gasteiger partial charge < -0.3 is 13.9 Å². The van der Waals surface area contributed by atoms with Crippen molar-refractivity contribution in [3.63, 3.8) is 0 Å². The van der Waals surface area contributed by atoms with E-state index in [0.29, 0.717) is 30.2 Å². The molecule has 0 aliphatic rings. The molecule has 0 radical (unpaired) electrons. The first-order chi connectivity index (χ1) is 11.7. The lowest BCUT2D eigenvalue weighted by atomic mass is 10.1. The maximum absolute atomic E-state index is 12.0. The Hall–Kier alpha value is -2.95. The SMILES string of the molecule is COc1ccc(CCn2cc(-c3ccccc3)oc2=O)cc1OC. The Morgan fingerprint density at radius 3 is 2.46 bits per heavy atom. The van der Waals surface area contributed by atoms with Gasteiger partial charge in [-0.05, 0) is 24.1 Å². The quantitative estimate of drug-likeness (QED) is 0.697. The third-order valence-electron chi connectivity index (χ3n) is 3.85. The van der Waals surface area contributed by atoms with Crippen LogP contribution in [0.4, 0.5) is 0 Å². The fourth-order valence-corrected chi connectivity index (χ4v) is 2.55. The molecule has 0 N–H and O–H groups in total. The smallest absolute Gasteiger partial charge is 0.419 e. The largest absolute Gasteiger partial charge is 0.493 e. The van der Waals surface area contributed by atoms with Gasteiger partial charge in [-0.15, -0.1) is 0 Å². The number of oxazole rings is 1. The molecule has 124 valence electrons. The molecule has 0 aliphatic carbocycles. The summed E-state index contributed by atoms with van der Waals surface area (Å²) in [4.78, 5) is 12.0. The van der Waals surface area contributed by atoms with Crippen molar-refractivity contribution < 1.29 is 13.9 Å². The monoisotopic (exact) mass is 325 g/mol. The number of aromatic nitrogens is 1. The first-order valence-corrected chi connectivity index (χ1v) is 7.68. The number of benzene rings is 2. The van der Waals surface area contributed by atoms with Gasteiger partial charge in [0.15, 0.2) is 17.3 Å². The van der Waals surface area contributed by atoms with E-state index in [2.05, 4.69) is 0 Å². The van der Waals surface area contributed by atoms with E-state index in [1.165, 1.54) is 0 Å². The minimum Gasteiger partial charge on any atom is -0.493 e. The number of ether oxygens (including phenoxy) is 2. The lowest BCUT2D eigenvalue weighted by Gasteiger charge is -2.09. The predicted molar refractivity (Wildman–Crippen MR) is 91.7 cm³/mol. The molecule has 1 aromatic heterocycles. The van der Waals surface area contributed by atoms with Crippen molar-refractivity contribution >= 4 is 0 Å². The highest BCUT2D eigenvalue weighted by Crippen LogP contribution is 2.27. The Balaban J connectivity index is 1.76. The highest BCUT2D eigenvalue weighted by Gasteiger charge is 2.09. The van der Waals surface area contributed by atoms with E-state index < -0.39 is 0 Å². The van der Waals surface area contributed by atoms with Gasteiger partial charge in [-0.1, -0.05) is 36.4 Å². The van der Waals surface area contributed by atoms with Gasteiger partial charge >= 0.3 is 5.76 Å². The van der Waals surface area contributed by atoms with Gasteiger partial charge in [0.2, 0.25) is 0 Å². The highest BCUT2D eigenvalue weighted by atomic mass is 16.5. The van der Waals surface area contributed by atoms with Gasteiger partial charge in [0.05, 0.1) is 20.4 Å². The Bertz CT molecular complexity index is 865. The molecule has 0 spiro atoms. The fraction of sp³-hybridized carbons (Fsp3) is 0.211. The summed E-state index contributed by atoms with van der Waals surface area (Å²) in [5.74, 6) is 1.59. The van der Waals surface area contributed by atoms with Gasteiger partial charge in [-0.2, -0.15) is 0 Å². The van der Waals surface area contributed by atoms with Crippen LogP contribution in [0.25, 0.3) is 11.3 Å². The Labute approximate surface area is 140 Å². The number of rotatable bonds is 6. The number of hydrogen-bond acceptors (Lipinski definition) is 4. The van der Waals surface area contributed by atoms with Crippen molar-refractivity contribution in [2.75, 3.05) is 14.2 Å². The zero-order chi connectivity index (χ0) is 16.9. The first kappa shape index (κ1) is 15.9. The Morgan fingerprint density at radius 1 is 1.00 bits per heavy atom. The van der Waals surface area contributed by atoms with Crippen LogP contribution in [-0.2, 0) is 13.0 Å². The molecular formula is C19H19NO4. The van der Waals surface area contributed by atoms with Crippen LogP contribution in [0, 0.1) is 0 Å². The van der Waals surface area contributed by atoms with Crippen molar-refractivity contribution in [2.24, 2.45) is 0 Å². The van der Waals surface area contributed by atoms with Gasteiger partial charge in [0.1, 0.15) is 0 Å². The van der Waals surface area contributed by atoms with Gasteiger partial charge in [0.25, 0.3) is 0 Å². The van der Waals surface area contributed by atoms with Crippen molar-refractivity contribution in [2.45, 2.75) is 13.0 Å². The third kappa shape index (κ3) is 3.35. The van der Waals surface area contributed by atoms with Crippen LogP contribution in [0.1, 0.15) is 5.56 Å². The summed E-state index contributed by atoms with van der Waals surface area (Å²) < 4.78 is 17.4. The average molecular weight is 325 g/mol. The van der Waals surface area contributed by atoms with Crippen molar-refractivity contribution in [1.82, 2.24) is 4.57 Å². The number of nitrogens with zero attached hydrogens (tertiary/aromatic N) is 1. The molecule has 3 rings (SSSR count). The van der Waals surface area contributed by atoms with Crippen LogP contribution in [0.15, 0.2) is 63.9 Å². The molecule has 5 heteroatoms. The van der Waals surface area contributed by atoms with E-state index in [0.717, 1.165) is 11.1 Å². The van der Waals surface area contributed by atoms with Crippen LogP contribution in [0.5, 0.6) is 11.5 Å². The van der Waals surface area contributed by atoms with Crippen LogP contribution < -0.4 is 15.2 Å². The highest BCUT2D eigenvalue weighted by molar-refractivity contribution is 5.55. The topological polar surface area (TPSA) is 53.6 Å². The third-order valence-corrected chi connectivity index (χ3v) is 3.85. The summed E-state index contributed by atoms with van der Waals surface area (Å²) in [5.41, 5.74) is 1.95. The second-order valence-corrected chi connectivity index (χ2v) is 5.36. The molecule has 0 atom stereocenters. The normalized spacial score (nSPS) is 10.6. The lowest BCUT2D eigenvalue weighted by Crippen LogP contribution is -2.14. The predicted octanol–water partition coefficient (Wildman–Crippen LogP) is 3.37. The van der Waals surface area contributed by atoms with Crippen LogP contribution in [0.3, 0.4) is 0 Å². The first-order valence-electron chi connectivity index (χ1n) is 7.68. The molecule has 0 unspecified atom stereocenters. The molecule has 0 amide bonds. The van der Waals surface area contributed by atoms with Crippen molar-refractivity contribution in [3.8, 4) is 22.8 Å². The summed E-state index contributed by atoms with van der Waals surface area (Å²) in [6.45, 7) is 0.532. The van der Waals surface area contributed by atoms with E-state index in [1.54, 1.807) is 25.0 Å². The molecule has 0 bridgehead atoms. The van der Waals surface area contributed by atoms with Crippen LogP contribution >= 0.6 is 0 Å². The number of hydrogen-bond donors (Lipinski definition) is 0. The zero-order valence-electron chi connectivity index (χ0n) is 13.7. The van der Waals surface area contributed by atoms with E-state index in [9.17, 15) is 4.79 Å². The van der Waals surface area contributed by atoms with Gasteiger partial charge in [-0.25, -0.2) is 4.79 Å². The maximum Gasteiger partial charge on any atom is 0.419 e. The van der Waals surface area contributed by atoms with Gasteiger partial charge in [0, 0.05) is 12.1 Å². The Kier molecular flexibility index (Phi) is 4.70. The lowest BCUT2D eigenvalue weighted by molar-refractivity contribution is 0.354. The van der Waals surface area contributed by atoms with Crippen LogP contribution in [0.2, 0.25) is 0 Å². The van der Waals surface area contributed by atoms with E-state index >= 15 is 0 Å². The standard InChI is InChI=1S/C19H19NO4/c1-22-16-9-8-14(12-17(16)23-2)10-11-20-13-18(24-19(20)21)15-6-4-3-5-7-15/h3-9,12-13H,10-11H2,1-2H3.